The number of carboxylic acids is 1. The molecular weight excluding hydrogens is 662 g/mol. The van der Waals surface area contributed by atoms with Gasteiger partial charge in [-0.15, -0.1) is 11.8 Å². The molecule has 3 aromatic carbocycles. The number of carboxylic acid groups (broad SMARTS) is 1. The fourth-order valence-electron chi connectivity index (χ4n) is 5.61. The molecule has 1 aliphatic rings. The van der Waals surface area contributed by atoms with Crippen LogP contribution in [-0.4, -0.2) is 84.7 Å². The number of carbonyl (C=O) groups is 3. The number of quaternary nitrogens is 1. The summed E-state index contributed by atoms with van der Waals surface area (Å²) in [5, 5.41) is 19.6. The van der Waals surface area contributed by atoms with E-state index in [-0.39, 0.29) is 12.3 Å². The Morgan fingerprint density at radius 2 is 1.88 bits per heavy atom. The van der Waals surface area contributed by atoms with E-state index < -0.39 is 17.9 Å². The lowest BCUT2D eigenvalue weighted by Gasteiger charge is -2.30. The fourth-order valence-corrected chi connectivity index (χ4v) is 6.92. The van der Waals surface area contributed by atoms with E-state index in [1.54, 1.807) is 40.8 Å². The average Bonchev–Trinajstić information content (AvgIpc) is 3.53. The number of aromatic nitrogens is 2. The molecule has 10 nitrogen and oxygen atoms in total. The average molecular weight is 704 g/mol. The number of amides is 2. The molecule has 0 aliphatic carbocycles. The molecule has 0 bridgehead atoms. The second-order valence-corrected chi connectivity index (χ2v) is 14.6. The van der Waals surface area contributed by atoms with Crippen LogP contribution in [0.25, 0.3) is 11.1 Å². The van der Waals surface area contributed by atoms with Crippen molar-refractivity contribution in [1.82, 2.24) is 15.1 Å². The van der Waals surface area contributed by atoms with E-state index in [0.29, 0.717) is 54.2 Å². The lowest BCUT2D eigenvalue weighted by Crippen LogP contribution is -2.50. The summed E-state index contributed by atoms with van der Waals surface area (Å²) in [7, 11) is 5.89. The number of nitrogens with one attached hydrogen (secondary N) is 1. The fraction of sp³-hybridized carbons (Fsp3) is 0.351. The van der Waals surface area contributed by atoms with Crippen molar-refractivity contribution in [3.63, 3.8) is 0 Å². The number of fused-ring (bicyclic) bond motifs is 1. The maximum absolute atomic E-state index is 13.4. The Balaban J connectivity index is 1.22. The topological polar surface area (TPSA) is 117 Å². The minimum absolute atomic E-state index is 0.0593. The Bertz CT molecular complexity index is 1820. The molecule has 0 unspecified atom stereocenters. The normalized spacial score (nSPS) is 13.4. The van der Waals surface area contributed by atoms with Crippen LogP contribution in [-0.2, 0) is 16.1 Å². The zero-order valence-electron chi connectivity index (χ0n) is 28.3. The summed E-state index contributed by atoms with van der Waals surface area (Å²) in [6.07, 6.45) is 4.98. The Kier molecular flexibility index (Phi) is 11.7. The third-order valence-corrected chi connectivity index (χ3v) is 9.83. The van der Waals surface area contributed by atoms with Crippen molar-refractivity contribution < 1.29 is 28.7 Å². The number of rotatable bonds is 14. The third-order valence-electron chi connectivity index (χ3n) is 8.31. The van der Waals surface area contributed by atoms with Gasteiger partial charge in [0.15, 0.2) is 0 Å². The summed E-state index contributed by atoms with van der Waals surface area (Å²) in [6, 6.07) is 17.5. The molecular formula is C37H42ClN5O5S. The summed E-state index contributed by atoms with van der Waals surface area (Å²) in [4.78, 5) is 40.9. The third kappa shape index (κ3) is 9.44. The minimum Gasteiger partial charge on any atom is -0.548 e. The monoisotopic (exact) mass is 703 g/mol. The second kappa shape index (κ2) is 15.9. The van der Waals surface area contributed by atoms with Crippen molar-refractivity contribution in [3.05, 3.63) is 94.8 Å². The summed E-state index contributed by atoms with van der Waals surface area (Å²) in [5.74, 6) is -0.189. The summed E-state index contributed by atoms with van der Waals surface area (Å²) in [6.45, 7) is 3.96. The number of halogens is 1. The molecule has 2 amide bonds. The van der Waals surface area contributed by atoms with Crippen LogP contribution in [0.3, 0.4) is 0 Å². The van der Waals surface area contributed by atoms with Gasteiger partial charge < -0.3 is 29.3 Å². The summed E-state index contributed by atoms with van der Waals surface area (Å²) >= 11 is 7.93. The number of anilines is 1. The van der Waals surface area contributed by atoms with Crippen LogP contribution in [0.15, 0.2) is 78.0 Å². The Morgan fingerprint density at radius 1 is 1.10 bits per heavy atom. The van der Waals surface area contributed by atoms with Crippen molar-refractivity contribution in [2.45, 2.75) is 43.7 Å². The van der Waals surface area contributed by atoms with Crippen molar-refractivity contribution in [1.29, 1.82) is 0 Å². The van der Waals surface area contributed by atoms with E-state index in [1.807, 2.05) is 81.6 Å². The van der Waals surface area contributed by atoms with E-state index in [0.717, 1.165) is 44.3 Å². The molecule has 0 spiro atoms. The zero-order valence-corrected chi connectivity index (χ0v) is 29.9. The number of benzene rings is 3. The lowest BCUT2D eigenvalue weighted by atomic mass is 10.1. The molecule has 5 rings (SSSR count). The maximum atomic E-state index is 13.4. The van der Waals surface area contributed by atoms with Crippen molar-refractivity contribution in [2.24, 2.45) is 0 Å². The van der Waals surface area contributed by atoms with Gasteiger partial charge in [0.25, 0.3) is 5.91 Å². The molecule has 0 fully saturated rings. The first-order valence-corrected chi connectivity index (χ1v) is 17.6. The number of ether oxygens (including phenoxy) is 1. The standard InChI is InChI=1S/C37H42ClN5O5S/c1-25-30(38)12-7-14-33(25)48-19-8-15-34(44)42-17-20-49-35-29(11-6-13-32(35)42)28-22-39-41(24-28)23-26-9-5-10-27(21-26)36(45)40-31(37(46)47)16-18-43(2,3)4/h5-7,9-14,21-22,24,31H,8,15-20,23H2,1-4H3,(H-,40,45,46,47)/t31-/m0/s1. The smallest absolute Gasteiger partial charge is 0.251 e. The highest BCUT2D eigenvalue weighted by Crippen LogP contribution is 2.42. The Hall–Kier alpha value is -4.32. The highest BCUT2D eigenvalue weighted by atomic mass is 35.5. The molecule has 12 heteroatoms. The molecule has 1 N–H and O–H groups in total. The summed E-state index contributed by atoms with van der Waals surface area (Å²) < 4.78 is 8.27. The summed E-state index contributed by atoms with van der Waals surface area (Å²) in [5.41, 5.74) is 4.92. The van der Waals surface area contributed by atoms with Crippen LogP contribution >= 0.6 is 23.4 Å². The number of nitrogens with zero attached hydrogens (tertiary/aromatic N) is 4. The first kappa shape index (κ1) is 36.0. The molecule has 0 saturated heterocycles. The van der Waals surface area contributed by atoms with Gasteiger partial charge in [0.05, 0.1) is 64.7 Å². The number of carbonyl (C=O) groups excluding carboxylic acids is 3. The van der Waals surface area contributed by atoms with Gasteiger partial charge in [-0.05, 0) is 49.2 Å². The Labute approximate surface area is 296 Å². The van der Waals surface area contributed by atoms with Crippen LogP contribution in [0.2, 0.25) is 5.02 Å². The van der Waals surface area contributed by atoms with E-state index in [1.165, 1.54) is 0 Å². The van der Waals surface area contributed by atoms with Gasteiger partial charge in [-0.3, -0.25) is 14.3 Å². The quantitative estimate of drug-likeness (QED) is 0.148. The zero-order chi connectivity index (χ0) is 35.1. The van der Waals surface area contributed by atoms with Gasteiger partial charge in [0.2, 0.25) is 5.91 Å². The van der Waals surface area contributed by atoms with E-state index in [4.69, 9.17) is 16.3 Å². The van der Waals surface area contributed by atoms with Gasteiger partial charge in [-0.1, -0.05) is 41.9 Å². The largest absolute Gasteiger partial charge is 0.548 e. The molecule has 1 aromatic heterocycles. The maximum Gasteiger partial charge on any atom is 0.251 e. The first-order chi connectivity index (χ1) is 23.4. The number of thioether (sulfide) groups is 1. The molecule has 0 saturated carbocycles. The second-order valence-electron chi connectivity index (χ2n) is 13.1. The lowest BCUT2D eigenvalue weighted by molar-refractivity contribution is -0.870. The van der Waals surface area contributed by atoms with Crippen LogP contribution in [0, 0.1) is 6.92 Å². The molecule has 1 aliphatic heterocycles. The minimum atomic E-state index is -1.30. The van der Waals surface area contributed by atoms with Crippen molar-refractivity contribution >= 4 is 46.8 Å². The van der Waals surface area contributed by atoms with Gasteiger partial charge in [0.1, 0.15) is 5.75 Å². The highest BCUT2D eigenvalue weighted by molar-refractivity contribution is 7.99. The van der Waals surface area contributed by atoms with E-state index in [9.17, 15) is 19.5 Å². The number of hydrogen-bond acceptors (Lipinski definition) is 7. The van der Waals surface area contributed by atoms with Gasteiger partial charge >= 0.3 is 0 Å². The number of aliphatic carboxylic acids is 1. The molecule has 4 aromatic rings. The molecule has 258 valence electrons. The molecule has 2 heterocycles. The van der Waals surface area contributed by atoms with Gasteiger partial charge in [0, 0.05) is 63.5 Å². The van der Waals surface area contributed by atoms with E-state index in [2.05, 4.69) is 10.4 Å². The van der Waals surface area contributed by atoms with Crippen LogP contribution in [0.1, 0.15) is 40.7 Å². The number of hydrogen-bond donors (Lipinski definition) is 1. The first-order valence-electron chi connectivity index (χ1n) is 16.3. The molecule has 0 radical (unpaired) electrons. The van der Waals surface area contributed by atoms with Crippen molar-refractivity contribution in [2.75, 3.05) is 51.5 Å². The predicted molar refractivity (Wildman–Crippen MR) is 191 cm³/mol. The van der Waals surface area contributed by atoms with Crippen LogP contribution in [0.5, 0.6) is 5.75 Å². The van der Waals surface area contributed by atoms with Crippen LogP contribution in [0.4, 0.5) is 5.69 Å². The van der Waals surface area contributed by atoms with E-state index >= 15 is 0 Å². The SMILES string of the molecule is Cc1c(Cl)cccc1OCCCC(=O)N1CCSc2c(-c3cnn(Cc4cccc(C(=O)N[C@@H](CC[N+](C)(C)C)C(=O)[O-])c4)c3)cccc21. The highest BCUT2D eigenvalue weighted by Gasteiger charge is 2.25. The van der Waals surface area contributed by atoms with Crippen LogP contribution < -0.4 is 20.1 Å². The van der Waals surface area contributed by atoms with Gasteiger partial charge in [-0.25, -0.2) is 0 Å². The molecule has 1 atom stereocenters. The molecule has 49 heavy (non-hydrogen) atoms. The predicted octanol–water partition coefficient (Wildman–Crippen LogP) is 4.80. The Morgan fingerprint density at radius 3 is 2.65 bits per heavy atom. The van der Waals surface area contributed by atoms with Crippen molar-refractivity contribution in [3.8, 4) is 16.9 Å². The van der Waals surface area contributed by atoms with Gasteiger partial charge in [-0.2, -0.15) is 5.10 Å².